The van der Waals surface area contributed by atoms with Crippen LogP contribution in [0.1, 0.15) is 151 Å². The number of rotatable bonds is 7. The number of hydrogen-bond acceptors (Lipinski definition) is 0. The first-order valence-electron chi connectivity index (χ1n) is 34.2. The summed E-state index contributed by atoms with van der Waals surface area (Å²) in [7, 11) is 7.65. The molecule has 0 bridgehead atoms. The van der Waals surface area contributed by atoms with Crippen LogP contribution in [0.25, 0.3) is 45.0 Å². The molecule has 0 spiro atoms. The van der Waals surface area contributed by atoms with Crippen molar-refractivity contribution in [3.05, 3.63) is 210 Å². The molecule has 8 aromatic rings. The minimum atomic E-state index is -2.47. The van der Waals surface area contributed by atoms with E-state index >= 15 is 0 Å². The van der Waals surface area contributed by atoms with Crippen LogP contribution in [0.4, 0.5) is 0 Å². The molecule has 0 aliphatic rings. The minimum absolute atomic E-state index is 0.0192. The van der Waals surface area contributed by atoms with Crippen LogP contribution < -0.4 is 18.3 Å². The standard InChI is InChI=1S/C20H28N.C19H26N.C17H22N.C16H20N/c1-14-8-9-18(15(2)10-14)19-11-17(12-20(4,5)6)16(3)13-21(19)7;1-13(2)9-17-11-19(20(6)12-16(17)5)18-8-7-14(3)10-15(18)4;1-11-7-13(3)15(5)16(8-11)17-9-12(2)14(4)10-18(17)6;1-11-6-7-16(17(5)10-11)15-9-12(2)8-13(3)14(15)4/h8-11,13H,12H2,1-7H3;7-8,10-13H,9H2,1-6H3;7-10H,1-6H3;6-10H,1-5H3/q4*+1/i1D3,3D3,12D2;3D3,5D3,9D2;;. The Bertz CT molecular complexity index is 4010. The second-order valence-electron chi connectivity index (χ2n) is 22.3. The summed E-state index contributed by atoms with van der Waals surface area (Å²) in [4.78, 5) is 0. The van der Waals surface area contributed by atoms with E-state index in [9.17, 15) is 0 Å². The summed E-state index contributed by atoms with van der Waals surface area (Å²) in [5.41, 5.74) is 21.3. The first-order chi connectivity index (χ1) is 41.8. The third-order valence-corrected chi connectivity index (χ3v) is 13.7. The van der Waals surface area contributed by atoms with Gasteiger partial charge < -0.3 is 0 Å². The number of aromatic nitrogens is 4. The molecule has 0 amide bonds. The molecule has 8 rings (SSSR count). The van der Waals surface area contributed by atoms with E-state index in [1.807, 2.05) is 0 Å². The van der Waals surface area contributed by atoms with Gasteiger partial charge in [-0.1, -0.05) is 93.3 Å². The summed E-state index contributed by atoms with van der Waals surface area (Å²) < 4.78 is 135. The molecule has 0 fully saturated rings. The Balaban J connectivity index is 0.000000228. The fourth-order valence-electron chi connectivity index (χ4n) is 9.46. The van der Waals surface area contributed by atoms with Crippen LogP contribution in [0.2, 0.25) is 0 Å². The maximum absolute atomic E-state index is 8.67. The molecule has 0 N–H and O–H groups in total. The van der Waals surface area contributed by atoms with Crippen molar-refractivity contribution in [2.45, 2.75) is 151 Å². The van der Waals surface area contributed by atoms with Crippen LogP contribution in [0, 0.1) is 115 Å². The van der Waals surface area contributed by atoms with Crippen LogP contribution >= 0.6 is 0 Å². The molecule has 4 aromatic carbocycles. The molecule has 0 aliphatic carbocycles. The van der Waals surface area contributed by atoms with E-state index in [1.54, 1.807) is 108 Å². The molecule has 400 valence electrons. The van der Waals surface area contributed by atoms with Gasteiger partial charge in [0.2, 0.25) is 22.8 Å². The highest BCUT2D eigenvalue weighted by atomic mass is 14.9. The lowest BCUT2D eigenvalue weighted by Gasteiger charge is -2.19. The smallest absolute Gasteiger partial charge is 0.201 e. The van der Waals surface area contributed by atoms with Crippen molar-refractivity contribution < 1.29 is 40.2 Å². The molecule has 0 unspecified atom stereocenters. The van der Waals surface area contributed by atoms with E-state index < -0.39 is 51.5 Å². The number of pyridine rings is 4. The minimum Gasteiger partial charge on any atom is -0.201 e. The molecule has 4 heteroatoms. The van der Waals surface area contributed by atoms with E-state index in [0.717, 1.165) is 22.3 Å². The van der Waals surface area contributed by atoms with Gasteiger partial charge >= 0.3 is 0 Å². The number of benzene rings is 4. The van der Waals surface area contributed by atoms with Crippen molar-refractivity contribution in [2.75, 3.05) is 0 Å². The quantitative estimate of drug-likeness (QED) is 0.141. The monoisotopic (exact) mass is 1030 g/mol. The van der Waals surface area contributed by atoms with Crippen LogP contribution in [0.3, 0.4) is 0 Å². The number of nitrogens with zero attached hydrogens (tertiary/aromatic N) is 4. The van der Waals surface area contributed by atoms with Crippen LogP contribution in [-0.4, -0.2) is 0 Å². The van der Waals surface area contributed by atoms with Crippen molar-refractivity contribution >= 4 is 0 Å². The molecule has 0 saturated carbocycles. The highest BCUT2D eigenvalue weighted by molar-refractivity contribution is 5.66. The summed E-state index contributed by atoms with van der Waals surface area (Å²) in [6.07, 6.45) is 3.56. The molecule has 76 heavy (non-hydrogen) atoms. The fourth-order valence-corrected chi connectivity index (χ4v) is 9.46. The van der Waals surface area contributed by atoms with Gasteiger partial charge in [0.25, 0.3) is 0 Å². The summed E-state index contributed by atoms with van der Waals surface area (Å²) in [6, 6.07) is 28.5. The maximum Gasteiger partial charge on any atom is 0.212 e. The zero-order valence-electron chi connectivity index (χ0n) is 65.3. The van der Waals surface area contributed by atoms with Crippen molar-refractivity contribution in [3.8, 4) is 45.0 Å². The largest absolute Gasteiger partial charge is 0.212 e. The highest BCUT2D eigenvalue weighted by Crippen LogP contribution is 2.30. The van der Waals surface area contributed by atoms with Crippen LogP contribution in [-0.2, 0) is 40.9 Å². The summed E-state index contributed by atoms with van der Waals surface area (Å²) in [5.74, 6) is -0.423. The highest BCUT2D eigenvalue weighted by Gasteiger charge is 2.21. The molecule has 0 radical (unpaired) electrons. The average Bonchev–Trinajstić information content (AvgIpc) is 0.981. The van der Waals surface area contributed by atoms with E-state index in [4.69, 9.17) is 21.9 Å². The zero-order chi connectivity index (χ0) is 70.3. The Morgan fingerprint density at radius 2 is 0.789 bits per heavy atom. The Kier molecular flexibility index (Phi) is 13.7. The average molecular weight is 1030 g/mol. The van der Waals surface area contributed by atoms with Crippen molar-refractivity contribution in [1.29, 1.82) is 0 Å². The van der Waals surface area contributed by atoms with E-state index in [0.29, 0.717) is 11.4 Å². The van der Waals surface area contributed by atoms with Crippen LogP contribution in [0.15, 0.2) is 116 Å². The van der Waals surface area contributed by atoms with E-state index in [-0.39, 0.29) is 33.4 Å². The Morgan fingerprint density at radius 3 is 1.22 bits per heavy atom. The number of hydrogen-bond donors (Lipinski definition) is 0. The predicted octanol–water partition coefficient (Wildman–Crippen LogP) is 16.1. The van der Waals surface area contributed by atoms with Gasteiger partial charge in [0.15, 0.2) is 24.8 Å². The lowest BCUT2D eigenvalue weighted by atomic mass is 9.86. The molecule has 0 saturated heterocycles. The number of aryl methyl sites for hydroxylation is 17. The van der Waals surface area contributed by atoms with Gasteiger partial charge in [-0.05, 0) is 208 Å². The fraction of sp³-hybridized carbons (Fsp3) is 0.389. The van der Waals surface area contributed by atoms with Crippen molar-refractivity contribution in [2.24, 2.45) is 39.5 Å². The third-order valence-electron chi connectivity index (χ3n) is 13.7. The SMILES string of the molecule is Cc1cc(C)c(C)c(-c2cc(C)c(C)c[n+]2C)c1.Cc1cc(C)c(C)c(-c2ccc(C)c[n+]2C)c1.[2H]C([2H])([2H])c1ccc(-c2cc(C([2H])([2H])C(C)(C)C)c(C([2H])([2H])[2H])c[n+]2C)c(C)c1.[2H]C([2H])([2H])c1ccc(-c2cc(C([2H])([2H])C(C)C)c(C([2H])([2H])[2H])c[n+]2C)c(C)c1. The predicted molar refractivity (Wildman–Crippen MR) is 325 cm³/mol. The Hall–Kier alpha value is -6.52. The van der Waals surface area contributed by atoms with Gasteiger partial charge in [0.1, 0.15) is 28.2 Å². The zero-order valence-corrected chi connectivity index (χ0v) is 49.3. The molecule has 4 heterocycles. The van der Waals surface area contributed by atoms with E-state index in [2.05, 4.69) is 140 Å². The van der Waals surface area contributed by atoms with Gasteiger partial charge in [-0.25, -0.2) is 18.3 Å². The normalized spacial score (nSPS) is 15.3. The van der Waals surface area contributed by atoms with E-state index in [1.165, 1.54) is 97.1 Å². The molecular formula is C72H96N4+4. The molecule has 4 aromatic heterocycles. The topological polar surface area (TPSA) is 15.5 Å². The maximum atomic E-state index is 8.67. The lowest BCUT2D eigenvalue weighted by Crippen LogP contribution is -2.32. The van der Waals surface area contributed by atoms with Gasteiger partial charge in [-0.3, -0.25) is 0 Å². The summed E-state index contributed by atoms with van der Waals surface area (Å²) in [5, 5.41) is 0. The van der Waals surface area contributed by atoms with Gasteiger partial charge in [0.05, 0.1) is 0 Å². The van der Waals surface area contributed by atoms with Crippen LogP contribution in [0.5, 0.6) is 0 Å². The van der Waals surface area contributed by atoms with Crippen molar-refractivity contribution in [3.63, 3.8) is 0 Å². The second kappa shape index (κ2) is 25.5. The first kappa shape index (κ1) is 40.7. The Morgan fingerprint density at radius 1 is 0.382 bits per heavy atom. The molecular weight excluding hydrogens is 921 g/mol. The first-order valence-corrected chi connectivity index (χ1v) is 26.2. The second-order valence-corrected chi connectivity index (χ2v) is 22.3. The van der Waals surface area contributed by atoms with Gasteiger partial charge in [-0.2, -0.15) is 0 Å². The lowest BCUT2D eigenvalue weighted by molar-refractivity contribution is -0.660. The third kappa shape index (κ3) is 15.8. The molecule has 0 aliphatic heterocycles. The summed E-state index contributed by atoms with van der Waals surface area (Å²) >= 11 is 0. The Labute approximate surface area is 484 Å². The molecule has 0 atom stereocenters. The van der Waals surface area contributed by atoms with Gasteiger partial charge in [-0.15, -0.1) is 0 Å². The van der Waals surface area contributed by atoms with Crippen molar-refractivity contribution in [1.82, 2.24) is 0 Å². The van der Waals surface area contributed by atoms with Gasteiger partial charge in [0, 0.05) is 90.7 Å². The molecule has 4 nitrogen and oxygen atoms in total. The summed E-state index contributed by atoms with van der Waals surface area (Å²) in [6.45, 7) is 22.4.